The summed E-state index contributed by atoms with van der Waals surface area (Å²) >= 11 is 0. The highest BCUT2D eigenvalue weighted by Crippen LogP contribution is 2.30. The monoisotopic (exact) mass is 251 g/mol. The molecule has 0 saturated carbocycles. The third-order valence-corrected chi connectivity index (χ3v) is 3.01. The highest BCUT2D eigenvalue weighted by Gasteiger charge is 2.16. The molecule has 1 rings (SSSR count). The molecule has 0 saturated heterocycles. The Kier molecular flexibility index (Phi) is 5.16. The molecule has 0 fully saturated rings. The van der Waals surface area contributed by atoms with Crippen LogP contribution in [0.2, 0.25) is 0 Å². The van der Waals surface area contributed by atoms with E-state index in [1.165, 1.54) is 0 Å². The van der Waals surface area contributed by atoms with Gasteiger partial charge in [0.1, 0.15) is 5.75 Å². The molecule has 1 atom stereocenters. The van der Waals surface area contributed by atoms with Gasteiger partial charge in [-0.25, -0.2) is 0 Å². The van der Waals surface area contributed by atoms with Gasteiger partial charge in [0.2, 0.25) is 0 Å². The topological polar surface area (TPSA) is 58.6 Å². The second-order valence-corrected chi connectivity index (χ2v) is 4.60. The van der Waals surface area contributed by atoms with Crippen molar-refractivity contribution in [1.82, 2.24) is 5.32 Å². The number of carboxylic acid groups (broad SMARTS) is 1. The third-order valence-electron chi connectivity index (χ3n) is 3.01. The Morgan fingerprint density at radius 3 is 2.56 bits per heavy atom. The number of carboxylic acids is 1. The summed E-state index contributed by atoms with van der Waals surface area (Å²) in [7, 11) is 3.42. The second kappa shape index (κ2) is 6.40. The molecule has 0 aliphatic heterocycles. The average molecular weight is 251 g/mol. The van der Waals surface area contributed by atoms with Crippen LogP contribution in [0.4, 0.5) is 0 Å². The first-order valence-corrected chi connectivity index (χ1v) is 6.06. The highest BCUT2D eigenvalue weighted by molar-refractivity contribution is 5.68. The van der Waals surface area contributed by atoms with Crippen molar-refractivity contribution in [2.24, 2.45) is 0 Å². The number of methoxy groups -OCH3 is 1. The Bertz CT molecular complexity index is 416. The average Bonchev–Trinajstić information content (AvgIpc) is 2.34. The molecule has 0 aromatic heterocycles. The maximum Gasteiger partial charge on any atom is 0.305 e. The molecule has 0 spiro atoms. The first-order chi connectivity index (χ1) is 8.49. The van der Waals surface area contributed by atoms with E-state index in [1.807, 2.05) is 18.2 Å². The van der Waals surface area contributed by atoms with E-state index < -0.39 is 5.97 Å². The van der Waals surface area contributed by atoms with Crippen LogP contribution in [0.1, 0.15) is 43.4 Å². The third kappa shape index (κ3) is 3.47. The first-order valence-electron chi connectivity index (χ1n) is 6.06. The van der Waals surface area contributed by atoms with Crippen molar-refractivity contribution in [2.45, 2.75) is 32.2 Å². The van der Waals surface area contributed by atoms with Crippen LogP contribution >= 0.6 is 0 Å². The van der Waals surface area contributed by atoms with E-state index in [4.69, 9.17) is 9.84 Å². The van der Waals surface area contributed by atoms with Gasteiger partial charge in [-0.3, -0.25) is 4.79 Å². The van der Waals surface area contributed by atoms with E-state index in [9.17, 15) is 4.79 Å². The van der Waals surface area contributed by atoms with E-state index in [-0.39, 0.29) is 12.5 Å². The lowest BCUT2D eigenvalue weighted by Crippen LogP contribution is -2.20. The lowest BCUT2D eigenvalue weighted by Gasteiger charge is -2.18. The van der Waals surface area contributed by atoms with Crippen LogP contribution in [0.15, 0.2) is 18.2 Å². The number of rotatable bonds is 6. The van der Waals surface area contributed by atoms with Gasteiger partial charge in [0.25, 0.3) is 0 Å². The fraction of sp³-hybridized carbons (Fsp3) is 0.500. The van der Waals surface area contributed by atoms with Crippen molar-refractivity contribution in [3.8, 4) is 5.75 Å². The van der Waals surface area contributed by atoms with Crippen LogP contribution in [-0.4, -0.2) is 25.2 Å². The number of hydrogen-bond donors (Lipinski definition) is 2. The number of carbonyl (C=O) groups is 1. The minimum absolute atomic E-state index is 0.0698. The number of benzene rings is 1. The predicted octanol–water partition coefficient (Wildman–Crippen LogP) is 2.55. The lowest BCUT2D eigenvalue weighted by molar-refractivity contribution is -0.137. The summed E-state index contributed by atoms with van der Waals surface area (Å²) < 4.78 is 5.32. The summed E-state index contributed by atoms with van der Waals surface area (Å²) in [6.07, 6.45) is 0.0698. The van der Waals surface area contributed by atoms with Crippen LogP contribution in [0, 0.1) is 0 Å². The van der Waals surface area contributed by atoms with Gasteiger partial charge in [-0.1, -0.05) is 26.0 Å². The SMILES string of the molecule is CNC(CC(=O)O)c1ccc(OC)c(C(C)C)c1. The van der Waals surface area contributed by atoms with Crippen molar-refractivity contribution >= 4 is 5.97 Å². The van der Waals surface area contributed by atoms with Gasteiger partial charge in [-0.15, -0.1) is 0 Å². The van der Waals surface area contributed by atoms with Gasteiger partial charge < -0.3 is 15.2 Å². The van der Waals surface area contributed by atoms with Crippen molar-refractivity contribution in [3.05, 3.63) is 29.3 Å². The van der Waals surface area contributed by atoms with Gasteiger partial charge in [0.05, 0.1) is 13.5 Å². The number of hydrogen-bond acceptors (Lipinski definition) is 3. The molecule has 0 amide bonds. The lowest BCUT2D eigenvalue weighted by atomic mass is 9.95. The number of nitrogens with one attached hydrogen (secondary N) is 1. The second-order valence-electron chi connectivity index (χ2n) is 4.60. The molecule has 1 unspecified atom stereocenters. The van der Waals surface area contributed by atoms with E-state index >= 15 is 0 Å². The van der Waals surface area contributed by atoms with E-state index in [1.54, 1.807) is 14.2 Å². The molecule has 0 aliphatic rings. The van der Waals surface area contributed by atoms with Crippen molar-refractivity contribution < 1.29 is 14.6 Å². The Balaban J connectivity index is 3.09. The molecule has 1 aromatic carbocycles. The van der Waals surface area contributed by atoms with Crippen LogP contribution < -0.4 is 10.1 Å². The molecule has 0 heterocycles. The highest BCUT2D eigenvalue weighted by atomic mass is 16.5. The fourth-order valence-corrected chi connectivity index (χ4v) is 1.98. The predicted molar refractivity (Wildman–Crippen MR) is 71.1 cm³/mol. The number of aliphatic carboxylic acids is 1. The van der Waals surface area contributed by atoms with E-state index in [2.05, 4.69) is 19.2 Å². The van der Waals surface area contributed by atoms with Crippen LogP contribution in [0.3, 0.4) is 0 Å². The Hall–Kier alpha value is -1.55. The molecule has 4 nitrogen and oxygen atoms in total. The fourth-order valence-electron chi connectivity index (χ4n) is 1.98. The molecular formula is C14H21NO3. The summed E-state index contributed by atoms with van der Waals surface area (Å²) in [6, 6.07) is 5.66. The first kappa shape index (κ1) is 14.5. The minimum atomic E-state index is -0.809. The molecule has 2 N–H and O–H groups in total. The molecule has 0 radical (unpaired) electrons. The zero-order valence-electron chi connectivity index (χ0n) is 11.4. The Morgan fingerprint density at radius 2 is 2.11 bits per heavy atom. The van der Waals surface area contributed by atoms with E-state index in [0.29, 0.717) is 5.92 Å². The normalized spacial score (nSPS) is 12.5. The van der Waals surface area contributed by atoms with Gasteiger partial charge in [-0.2, -0.15) is 0 Å². The summed E-state index contributed by atoms with van der Waals surface area (Å²) in [5, 5.41) is 11.9. The maximum absolute atomic E-state index is 10.8. The van der Waals surface area contributed by atoms with Gasteiger partial charge in [0.15, 0.2) is 0 Å². The van der Waals surface area contributed by atoms with Crippen LogP contribution in [0.25, 0.3) is 0 Å². The zero-order chi connectivity index (χ0) is 13.7. The van der Waals surface area contributed by atoms with E-state index in [0.717, 1.165) is 16.9 Å². The van der Waals surface area contributed by atoms with Gasteiger partial charge in [0, 0.05) is 6.04 Å². The quantitative estimate of drug-likeness (QED) is 0.815. The van der Waals surface area contributed by atoms with Gasteiger partial charge >= 0.3 is 5.97 Å². The van der Waals surface area contributed by atoms with Crippen molar-refractivity contribution in [1.29, 1.82) is 0 Å². The molecule has 0 bridgehead atoms. The molecule has 0 aliphatic carbocycles. The van der Waals surface area contributed by atoms with Gasteiger partial charge in [-0.05, 0) is 30.2 Å². The summed E-state index contributed by atoms with van der Waals surface area (Å²) in [6.45, 7) is 4.18. The molecule has 4 heteroatoms. The minimum Gasteiger partial charge on any atom is -0.496 e. The largest absolute Gasteiger partial charge is 0.496 e. The maximum atomic E-state index is 10.8. The van der Waals surface area contributed by atoms with Crippen LogP contribution in [-0.2, 0) is 4.79 Å². The Morgan fingerprint density at radius 1 is 1.44 bits per heavy atom. The van der Waals surface area contributed by atoms with Crippen molar-refractivity contribution in [3.63, 3.8) is 0 Å². The van der Waals surface area contributed by atoms with Crippen molar-refractivity contribution in [2.75, 3.05) is 14.2 Å². The standard InChI is InChI=1S/C14H21NO3/c1-9(2)11-7-10(5-6-13(11)18-4)12(15-3)8-14(16)17/h5-7,9,12,15H,8H2,1-4H3,(H,16,17). The smallest absolute Gasteiger partial charge is 0.305 e. The Labute approximate surface area is 108 Å². The summed E-state index contributed by atoms with van der Waals surface area (Å²) in [4.78, 5) is 10.8. The zero-order valence-corrected chi connectivity index (χ0v) is 11.4. The summed E-state index contributed by atoms with van der Waals surface area (Å²) in [5.41, 5.74) is 2.07. The van der Waals surface area contributed by atoms with Crippen LogP contribution in [0.5, 0.6) is 5.75 Å². The summed E-state index contributed by atoms with van der Waals surface area (Å²) in [5.74, 6) is 0.373. The molecule has 1 aromatic rings. The molecular weight excluding hydrogens is 230 g/mol. The number of ether oxygens (including phenoxy) is 1. The molecule has 100 valence electrons. The molecule has 18 heavy (non-hydrogen) atoms.